The van der Waals surface area contributed by atoms with Crippen LogP contribution in [0, 0.1) is 0 Å². The molecule has 4 rings (SSSR count). The molecule has 1 aromatic heterocycles. The predicted octanol–water partition coefficient (Wildman–Crippen LogP) is 4.61. The zero-order valence-corrected chi connectivity index (χ0v) is 14.1. The third-order valence-corrected chi connectivity index (χ3v) is 5.68. The molecule has 0 spiro atoms. The molecule has 0 unspecified atom stereocenters. The Balaban J connectivity index is 1.54. The molecule has 1 atom stereocenters. The molecule has 2 aliphatic rings. The molecular formula is C18H21N3OS. The molecule has 1 aliphatic heterocycles. The molecule has 0 saturated heterocycles. The van der Waals surface area contributed by atoms with E-state index in [0.29, 0.717) is 6.04 Å². The van der Waals surface area contributed by atoms with Gasteiger partial charge in [-0.05, 0) is 37.5 Å². The molecular weight excluding hydrogens is 306 g/mol. The highest BCUT2D eigenvalue weighted by atomic mass is 32.1. The molecule has 0 bridgehead atoms. The number of thiazole rings is 1. The van der Waals surface area contributed by atoms with E-state index in [-0.39, 0.29) is 11.8 Å². The van der Waals surface area contributed by atoms with Crippen LogP contribution in [-0.4, -0.2) is 16.9 Å². The van der Waals surface area contributed by atoms with E-state index in [1.165, 1.54) is 32.1 Å². The molecule has 1 amide bonds. The number of carbonyl (C=O) groups is 1. The van der Waals surface area contributed by atoms with Crippen LogP contribution >= 0.6 is 11.3 Å². The van der Waals surface area contributed by atoms with Crippen molar-refractivity contribution in [3.63, 3.8) is 0 Å². The highest BCUT2D eigenvalue weighted by Gasteiger charge is 2.26. The Bertz CT molecular complexity index is 734. The summed E-state index contributed by atoms with van der Waals surface area (Å²) >= 11 is 1.67. The summed E-state index contributed by atoms with van der Waals surface area (Å²) in [5.74, 6) is -0.00139. The van der Waals surface area contributed by atoms with Gasteiger partial charge in [-0.15, -0.1) is 11.3 Å². The van der Waals surface area contributed by atoms with Crippen LogP contribution in [0.1, 0.15) is 50.5 Å². The zero-order valence-electron chi connectivity index (χ0n) is 13.3. The maximum atomic E-state index is 11.8. The lowest BCUT2D eigenvalue weighted by molar-refractivity contribution is -0.116. The lowest BCUT2D eigenvalue weighted by Gasteiger charge is -2.22. The van der Waals surface area contributed by atoms with Crippen molar-refractivity contribution in [2.75, 3.05) is 10.6 Å². The van der Waals surface area contributed by atoms with Crippen molar-refractivity contribution >= 4 is 28.1 Å². The first-order valence-electron chi connectivity index (χ1n) is 8.38. The molecule has 0 radical (unpaired) electrons. The number of hydrogen-bond acceptors (Lipinski definition) is 4. The fourth-order valence-corrected chi connectivity index (χ4v) is 4.27. The van der Waals surface area contributed by atoms with Gasteiger partial charge >= 0.3 is 0 Å². The van der Waals surface area contributed by atoms with E-state index in [4.69, 9.17) is 4.98 Å². The van der Waals surface area contributed by atoms with Crippen LogP contribution in [0.2, 0.25) is 0 Å². The lowest BCUT2D eigenvalue weighted by Crippen LogP contribution is -2.21. The molecule has 23 heavy (non-hydrogen) atoms. The van der Waals surface area contributed by atoms with Crippen molar-refractivity contribution in [2.45, 2.75) is 51.0 Å². The van der Waals surface area contributed by atoms with Crippen LogP contribution in [-0.2, 0) is 4.79 Å². The Morgan fingerprint density at radius 3 is 2.91 bits per heavy atom. The number of rotatable bonds is 3. The van der Waals surface area contributed by atoms with Gasteiger partial charge in [0.1, 0.15) is 0 Å². The van der Waals surface area contributed by atoms with Gasteiger partial charge in [0.15, 0.2) is 5.13 Å². The van der Waals surface area contributed by atoms with Gasteiger partial charge in [0.25, 0.3) is 0 Å². The Morgan fingerprint density at radius 2 is 2.09 bits per heavy atom. The van der Waals surface area contributed by atoms with E-state index in [1.54, 1.807) is 11.3 Å². The Hall–Kier alpha value is -1.88. The SMILES string of the molecule is C[C@H]1C(=O)Nc2ccc(-c3csc(NC4CCCCC4)n3)cc21. The van der Waals surface area contributed by atoms with Crippen LogP contribution < -0.4 is 10.6 Å². The fraction of sp³-hybridized carbons (Fsp3) is 0.444. The van der Waals surface area contributed by atoms with Crippen molar-refractivity contribution in [2.24, 2.45) is 0 Å². The third kappa shape index (κ3) is 2.85. The van der Waals surface area contributed by atoms with Gasteiger partial charge in [-0.3, -0.25) is 4.79 Å². The van der Waals surface area contributed by atoms with Crippen molar-refractivity contribution < 1.29 is 4.79 Å². The number of carbonyl (C=O) groups excluding carboxylic acids is 1. The Labute approximate surface area is 140 Å². The highest BCUT2D eigenvalue weighted by Crippen LogP contribution is 2.36. The van der Waals surface area contributed by atoms with E-state index in [2.05, 4.69) is 22.1 Å². The molecule has 4 nitrogen and oxygen atoms in total. The maximum absolute atomic E-state index is 11.8. The molecule has 2 heterocycles. The standard InChI is InChI=1S/C18H21N3OS/c1-11-14-9-12(7-8-15(14)20-17(11)22)16-10-23-18(21-16)19-13-5-3-2-4-6-13/h7-11,13H,2-6H2,1H3,(H,19,21)(H,20,22)/t11-/m1/s1. The second-order valence-corrected chi connectivity index (χ2v) is 7.39. The largest absolute Gasteiger partial charge is 0.359 e. The Morgan fingerprint density at radius 1 is 1.26 bits per heavy atom. The minimum absolute atomic E-state index is 0.0788. The molecule has 5 heteroatoms. The Kier molecular flexibility index (Phi) is 3.81. The number of nitrogens with one attached hydrogen (secondary N) is 2. The van der Waals surface area contributed by atoms with E-state index in [1.807, 2.05) is 19.1 Å². The molecule has 2 N–H and O–H groups in total. The van der Waals surface area contributed by atoms with Gasteiger partial charge in [-0.2, -0.15) is 0 Å². The van der Waals surface area contributed by atoms with Crippen LogP contribution in [0.3, 0.4) is 0 Å². The summed E-state index contributed by atoms with van der Waals surface area (Å²) in [5, 5.41) is 9.60. The third-order valence-electron chi connectivity index (χ3n) is 4.90. The first-order valence-corrected chi connectivity index (χ1v) is 9.26. The van der Waals surface area contributed by atoms with Crippen LogP contribution in [0.5, 0.6) is 0 Å². The second kappa shape index (κ2) is 5.96. The van der Waals surface area contributed by atoms with Gasteiger partial charge in [0.05, 0.1) is 11.6 Å². The number of amides is 1. The van der Waals surface area contributed by atoms with E-state index in [9.17, 15) is 4.79 Å². The fourth-order valence-electron chi connectivity index (χ4n) is 3.47. The smallest absolute Gasteiger partial charge is 0.231 e. The summed E-state index contributed by atoms with van der Waals surface area (Å²) in [5.41, 5.74) is 4.08. The monoisotopic (exact) mass is 327 g/mol. The minimum atomic E-state index is -0.0802. The molecule has 1 aromatic carbocycles. The number of nitrogens with zero attached hydrogens (tertiary/aromatic N) is 1. The summed E-state index contributed by atoms with van der Waals surface area (Å²) < 4.78 is 0. The van der Waals surface area contributed by atoms with Crippen molar-refractivity contribution in [1.29, 1.82) is 0 Å². The topological polar surface area (TPSA) is 54.0 Å². The number of hydrogen-bond donors (Lipinski definition) is 2. The van der Waals surface area contributed by atoms with E-state index >= 15 is 0 Å². The second-order valence-electron chi connectivity index (χ2n) is 6.53. The zero-order chi connectivity index (χ0) is 15.8. The molecule has 1 aliphatic carbocycles. The quantitative estimate of drug-likeness (QED) is 0.865. The average Bonchev–Trinajstić information content (AvgIpc) is 3.14. The summed E-state index contributed by atoms with van der Waals surface area (Å²) in [6, 6.07) is 6.69. The number of anilines is 2. The summed E-state index contributed by atoms with van der Waals surface area (Å²) in [6.07, 6.45) is 6.50. The van der Waals surface area contributed by atoms with Gasteiger partial charge in [-0.1, -0.05) is 25.3 Å². The maximum Gasteiger partial charge on any atom is 0.231 e. The number of aromatic nitrogens is 1. The minimum Gasteiger partial charge on any atom is -0.359 e. The van der Waals surface area contributed by atoms with Crippen LogP contribution in [0.4, 0.5) is 10.8 Å². The molecule has 1 fully saturated rings. The van der Waals surface area contributed by atoms with Gasteiger partial charge < -0.3 is 10.6 Å². The molecule has 120 valence electrons. The normalized spacial score (nSPS) is 21.1. The van der Waals surface area contributed by atoms with E-state index < -0.39 is 0 Å². The van der Waals surface area contributed by atoms with Gasteiger partial charge in [0, 0.05) is 22.7 Å². The number of benzene rings is 1. The first-order chi connectivity index (χ1) is 11.2. The van der Waals surface area contributed by atoms with Crippen LogP contribution in [0.25, 0.3) is 11.3 Å². The van der Waals surface area contributed by atoms with Gasteiger partial charge in [0.2, 0.25) is 5.91 Å². The summed E-state index contributed by atoms with van der Waals surface area (Å²) in [4.78, 5) is 16.5. The first kappa shape index (κ1) is 14.7. The van der Waals surface area contributed by atoms with Crippen molar-refractivity contribution in [3.05, 3.63) is 29.1 Å². The van der Waals surface area contributed by atoms with Crippen molar-refractivity contribution in [1.82, 2.24) is 4.98 Å². The average molecular weight is 327 g/mol. The lowest BCUT2D eigenvalue weighted by atomic mass is 9.96. The summed E-state index contributed by atoms with van der Waals surface area (Å²) in [6.45, 7) is 1.95. The predicted molar refractivity (Wildman–Crippen MR) is 95.1 cm³/mol. The summed E-state index contributed by atoms with van der Waals surface area (Å²) in [7, 11) is 0. The van der Waals surface area contributed by atoms with Crippen LogP contribution in [0.15, 0.2) is 23.6 Å². The highest BCUT2D eigenvalue weighted by molar-refractivity contribution is 7.14. The van der Waals surface area contributed by atoms with E-state index in [0.717, 1.165) is 27.6 Å². The molecule has 2 aromatic rings. The molecule has 1 saturated carbocycles. The number of fused-ring (bicyclic) bond motifs is 1. The van der Waals surface area contributed by atoms with Crippen molar-refractivity contribution in [3.8, 4) is 11.3 Å². The van der Waals surface area contributed by atoms with Gasteiger partial charge in [-0.25, -0.2) is 4.98 Å².